The number of ketones is 1. The van der Waals surface area contributed by atoms with Crippen molar-refractivity contribution in [2.75, 3.05) is 27.9 Å². The van der Waals surface area contributed by atoms with Crippen LogP contribution in [0.4, 0.5) is 0 Å². The Hall–Kier alpha value is -2.65. The smallest absolute Gasteiger partial charge is 0.286 e. The van der Waals surface area contributed by atoms with Crippen molar-refractivity contribution in [2.45, 2.75) is 38.3 Å². The quantitative estimate of drug-likeness (QED) is 0.634. The summed E-state index contributed by atoms with van der Waals surface area (Å²) >= 11 is 1.34. The van der Waals surface area contributed by atoms with Gasteiger partial charge >= 0.3 is 0 Å². The zero-order chi connectivity index (χ0) is 22.0. The second-order valence-electron chi connectivity index (χ2n) is 7.58. The molecule has 1 aliphatic carbocycles. The number of carbonyl (C=O) groups excluding carboxylic acids is 2. The molecule has 0 spiro atoms. The molecule has 0 radical (unpaired) electrons. The molecule has 31 heavy (non-hydrogen) atoms. The van der Waals surface area contributed by atoms with Gasteiger partial charge in [-0.05, 0) is 19.3 Å². The van der Waals surface area contributed by atoms with Crippen molar-refractivity contribution in [1.29, 1.82) is 0 Å². The van der Waals surface area contributed by atoms with Crippen molar-refractivity contribution in [3.8, 4) is 11.5 Å². The van der Waals surface area contributed by atoms with E-state index in [1.165, 1.54) is 17.6 Å². The van der Waals surface area contributed by atoms with Gasteiger partial charge in [-0.2, -0.15) is 4.99 Å². The Morgan fingerprint density at radius 1 is 1.19 bits per heavy atom. The van der Waals surface area contributed by atoms with E-state index in [2.05, 4.69) is 4.99 Å². The Morgan fingerprint density at radius 2 is 1.94 bits per heavy atom. The molecule has 8 nitrogen and oxygen atoms in total. The molecule has 1 amide bonds. The number of Topliss-reactive ketones (excluding diaryl/α,β-unsaturated/α-hetero) is 1. The molecule has 1 aromatic heterocycles. The van der Waals surface area contributed by atoms with E-state index in [9.17, 15) is 9.59 Å². The first-order valence-corrected chi connectivity index (χ1v) is 11.1. The fourth-order valence-electron chi connectivity index (χ4n) is 4.16. The van der Waals surface area contributed by atoms with Gasteiger partial charge < -0.3 is 23.5 Å². The number of fused-ring (bicyclic) bond motifs is 2. The number of ether oxygens (including phenoxy) is 4. The fraction of sp³-hybridized carbons (Fsp3) is 0.500. The lowest BCUT2D eigenvalue weighted by Gasteiger charge is -2.33. The van der Waals surface area contributed by atoms with Gasteiger partial charge in [-0.25, -0.2) is 0 Å². The molecule has 4 rings (SSSR count). The molecule has 2 aromatic rings. The van der Waals surface area contributed by atoms with Crippen molar-refractivity contribution >= 4 is 33.2 Å². The van der Waals surface area contributed by atoms with Gasteiger partial charge in [0.15, 0.2) is 22.1 Å². The van der Waals surface area contributed by atoms with Gasteiger partial charge in [0.1, 0.15) is 11.7 Å². The van der Waals surface area contributed by atoms with Crippen LogP contribution in [0.5, 0.6) is 11.5 Å². The molecule has 2 unspecified atom stereocenters. The average molecular weight is 447 g/mol. The number of hydrogen-bond donors (Lipinski definition) is 0. The Bertz CT molecular complexity index is 1100. The predicted octanol–water partition coefficient (Wildman–Crippen LogP) is 2.84. The van der Waals surface area contributed by atoms with Crippen LogP contribution >= 0.6 is 11.3 Å². The van der Waals surface area contributed by atoms with E-state index in [1.54, 1.807) is 21.3 Å². The average Bonchev–Trinajstić information content (AvgIpc) is 3.12. The number of rotatable bonds is 6. The highest BCUT2D eigenvalue weighted by Gasteiger charge is 2.39. The van der Waals surface area contributed by atoms with Gasteiger partial charge in [0, 0.05) is 25.8 Å². The molecular formula is C22H26N2O6S. The predicted molar refractivity (Wildman–Crippen MR) is 115 cm³/mol. The first-order valence-electron chi connectivity index (χ1n) is 10.3. The third kappa shape index (κ3) is 4.12. The number of benzene rings is 1. The van der Waals surface area contributed by atoms with E-state index in [0.717, 1.165) is 35.9 Å². The summed E-state index contributed by atoms with van der Waals surface area (Å²) < 4.78 is 24.5. The Labute approximate surface area is 184 Å². The summed E-state index contributed by atoms with van der Waals surface area (Å²) in [6.07, 6.45) is 4.82. The molecule has 0 N–H and O–H groups in total. The second-order valence-corrected chi connectivity index (χ2v) is 8.59. The first kappa shape index (κ1) is 21.6. The minimum Gasteiger partial charge on any atom is -0.496 e. The molecule has 1 saturated carbocycles. The number of nitrogens with zero attached hydrogens (tertiary/aromatic N) is 2. The zero-order valence-corrected chi connectivity index (χ0v) is 18.7. The molecule has 1 aromatic carbocycles. The summed E-state index contributed by atoms with van der Waals surface area (Å²) in [5.74, 6) is 0.196. The lowest BCUT2D eigenvalue weighted by Crippen LogP contribution is -2.38. The molecule has 1 aliphatic heterocycles. The molecule has 0 saturated heterocycles. The number of hydrogen-bond acceptors (Lipinski definition) is 7. The number of aromatic nitrogens is 1. The summed E-state index contributed by atoms with van der Waals surface area (Å²) in [6.45, 7) is 0.933. The maximum absolute atomic E-state index is 13.0. The molecule has 2 aliphatic rings. The van der Waals surface area contributed by atoms with Crippen LogP contribution in [0.25, 0.3) is 10.2 Å². The standard InChI is InChI=1S/C22H26N2O6S/c1-27-9-8-24-15-10-17(28-2)18(29-3)11-19(15)31-22(24)23-21(26)14-12-30-16-7-5-4-6-13(16)20(14)25/h10-13,16H,4-9H2,1-3H3. The van der Waals surface area contributed by atoms with Crippen molar-refractivity contribution < 1.29 is 28.5 Å². The Balaban J connectivity index is 1.76. The number of carbonyl (C=O) groups is 2. The Kier molecular flexibility index (Phi) is 6.43. The van der Waals surface area contributed by atoms with E-state index >= 15 is 0 Å². The highest BCUT2D eigenvalue weighted by molar-refractivity contribution is 7.16. The third-order valence-corrected chi connectivity index (χ3v) is 6.84. The number of methoxy groups -OCH3 is 3. The van der Waals surface area contributed by atoms with Gasteiger partial charge in [0.25, 0.3) is 5.91 Å². The van der Waals surface area contributed by atoms with E-state index in [1.807, 2.05) is 16.7 Å². The lowest BCUT2D eigenvalue weighted by atomic mass is 9.80. The van der Waals surface area contributed by atoms with Gasteiger partial charge in [-0.1, -0.05) is 17.8 Å². The van der Waals surface area contributed by atoms with Gasteiger partial charge in [0.05, 0.1) is 43.2 Å². The fourth-order valence-corrected chi connectivity index (χ4v) is 5.22. The number of thiazole rings is 1. The summed E-state index contributed by atoms with van der Waals surface area (Å²) in [4.78, 5) is 30.7. The number of amides is 1. The SMILES string of the molecule is COCCn1c(=NC(=O)C2=COC3CCCCC3C2=O)sc2cc(OC)c(OC)cc21. The van der Waals surface area contributed by atoms with Crippen LogP contribution in [0.1, 0.15) is 25.7 Å². The third-order valence-electron chi connectivity index (χ3n) is 5.80. The molecule has 0 bridgehead atoms. The monoisotopic (exact) mass is 446 g/mol. The summed E-state index contributed by atoms with van der Waals surface area (Å²) in [7, 11) is 4.76. The summed E-state index contributed by atoms with van der Waals surface area (Å²) in [5.41, 5.74) is 0.868. The van der Waals surface area contributed by atoms with Gasteiger partial charge in [0.2, 0.25) is 0 Å². The van der Waals surface area contributed by atoms with E-state index < -0.39 is 5.91 Å². The summed E-state index contributed by atoms with van der Waals surface area (Å²) in [6, 6.07) is 3.71. The minimum atomic E-state index is -0.578. The first-order chi connectivity index (χ1) is 15.1. The molecular weight excluding hydrogens is 420 g/mol. The zero-order valence-electron chi connectivity index (χ0n) is 17.9. The minimum absolute atomic E-state index is 0.0223. The molecule has 166 valence electrons. The Morgan fingerprint density at radius 3 is 2.68 bits per heavy atom. The van der Waals surface area contributed by atoms with Crippen molar-refractivity contribution in [3.05, 3.63) is 28.8 Å². The molecule has 2 atom stereocenters. The normalized spacial score (nSPS) is 21.5. The highest BCUT2D eigenvalue weighted by Crippen LogP contribution is 2.34. The van der Waals surface area contributed by atoms with E-state index in [4.69, 9.17) is 18.9 Å². The van der Waals surface area contributed by atoms with Gasteiger partial charge in [-0.15, -0.1) is 0 Å². The van der Waals surface area contributed by atoms with Crippen LogP contribution in [-0.2, 0) is 25.6 Å². The van der Waals surface area contributed by atoms with Crippen LogP contribution in [0.2, 0.25) is 0 Å². The van der Waals surface area contributed by atoms with Crippen LogP contribution < -0.4 is 14.3 Å². The topological polar surface area (TPSA) is 88.4 Å². The van der Waals surface area contributed by atoms with Crippen molar-refractivity contribution in [1.82, 2.24) is 4.57 Å². The molecule has 1 fully saturated rings. The van der Waals surface area contributed by atoms with Crippen molar-refractivity contribution in [2.24, 2.45) is 10.9 Å². The summed E-state index contributed by atoms with van der Waals surface area (Å²) in [5, 5.41) is 0. The van der Waals surface area contributed by atoms with Crippen LogP contribution in [-0.4, -0.2) is 50.3 Å². The van der Waals surface area contributed by atoms with Crippen LogP contribution in [0.15, 0.2) is 29.0 Å². The highest BCUT2D eigenvalue weighted by atomic mass is 32.1. The van der Waals surface area contributed by atoms with Crippen molar-refractivity contribution in [3.63, 3.8) is 0 Å². The van der Waals surface area contributed by atoms with Crippen LogP contribution in [0, 0.1) is 5.92 Å². The largest absolute Gasteiger partial charge is 0.496 e. The van der Waals surface area contributed by atoms with E-state index in [-0.39, 0.29) is 23.4 Å². The van der Waals surface area contributed by atoms with Gasteiger partial charge in [-0.3, -0.25) is 9.59 Å². The van der Waals surface area contributed by atoms with E-state index in [0.29, 0.717) is 29.5 Å². The maximum atomic E-state index is 13.0. The maximum Gasteiger partial charge on any atom is 0.286 e. The second kappa shape index (κ2) is 9.23. The molecule has 9 heteroatoms. The van der Waals surface area contributed by atoms with Crippen LogP contribution in [0.3, 0.4) is 0 Å². The molecule has 2 heterocycles. The lowest BCUT2D eigenvalue weighted by molar-refractivity contribution is -0.130.